The summed E-state index contributed by atoms with van der Waals surface area (Å²) >= 11 is 0. The average Bonchev–Trinajstić information content (AvgIpc) is 3.21. The third kappa shape index (κ3) is 1.60. The van der Waals surface area contributed by atoms with Crippen molar-refractivity contribution in [1.82, 2.24) is 0 Å². The van der Waals surface area contributed by atoms with E-state index < -0.39 is 5.60 Å². The third-order valence-electron chi connectivity index (χ3n) is 9.03. The molecule has 1 saturated heterocycles. The molecule has 8 atom stereocenters. The monoisotopic (exact) mass is 330 g/mol. The van der Waals surface area contributed by atoms with Crippen molar-refractivity contribution in [1.29, 1.82) is 0 Å². The molecule has 4 fully saturated rings. The van der Waals surface area contributed by atoms with Gasteiger partial charge in [0.2, 0.25) is 0 Å². The Hall–Kier alpha value is -0.670. The first-order valence-electron chi connectivity index (χ1n) is 9.89. The van der Waals surface area contributed by atoms with Gasteiger partial charge in [-0.3, -0.25) is 4.79 Å². The van der Waals surface area contributed by atoms with Crippen molar-refractivity contribution < 1.29 is 14.6 Å². The lowest BCUT2D eigenvalue weighted by Crippen LogP contribution is -2.54. The maximum atomic E-state index is 12.4. The van der Waals surface area contributed by atoms with Crippen LogP contribution in [-0.4, -0.2) is 28.7 Å². The first-order chi connectivity index (χ1) is 11.3. The average molecular weight is 330 g/mol. The molecule has 1 heterocycles. The molecule has 0 unspecified atom stereocenters. The minimum Gasteiger partial charge on any atom is -0.393 e. The summed E-state index contributed by atoms with van der Waals surface area (Å²) in [6.45, 7) is 6.54. The number of hydrogen-bond acceptors (Lipinski definition) is 3. The van der Waals surface area contributed by atoms with Crippen LogP contribution in [0.5, 0.6) is 0 Å². The first kappa shape index (κ1) is 15.6. The predicted octanol–water partition coefficient (Wildman–Crippen LogP) is 3.65. The van der Waals surface area contributed by atoms with Crippen LogP contribution < -0.4 is 0 Å². The fraction of sp³-hybridized carbons (Fsp3) is 0.857. The fourth-order valence-corrected chi connectivity index (χ4v) is 7.71. The molecule has 0 bridgehead atoms. The largest absolute Gasteiger partial charge is 0.393 e. The van der Waals surface area contributed by atoms with Gasteiger partial charge in [0.1, 0.15) is 0 Å². The van der Waals surface area contributed by atoms with Gasteiger partial charge in [-0.05, 0) is 75.0 Å². The molecule has 5 aliphatic rings. The molecule has 3 saturated carbocycles. The number of epoxide rings is 1. The van der Waals surface area contributed by atoms with Gasteiger partial charge < -0.3 is 9.84 Å². The fourth-order valence-electron chi connectivity index (χ4n) is 7.71. The van der Waals surface area contributed by atoms with E-state index in [0.29, 0.717) is 11.8 Å². The van der Waals surface area contributed by atoms with Crippen LogP contribution in [0.15, 0.2) is 11.6 Å². The summed E-state index contributed by atoms with van der Waals surface area (Å²) in [5, 5.41) is 10.1. The highest BCUT2D eigenvalue weighted by Gasteiger charge is 2.79. The predicted molar refractivity (Wildman–Crippen MR) is 91.4 cm³/mol. The van der Waals surface area contributed by atoms with Gasteiger partial charge in [-0.2, -0.15) is 0 Å². The molecule has 0 aromatic heterocycles. The van der Waals surface area contributed by atoms with Crippen LogP contribution in [0.2, 0.25) is 0 Å². The summed E-state index contributed by atoms with van der Waals surface area (Å²) in [4.78, 5) is 12.4. The molecule has 3 heteroatoms. The molecular weight excluding hydrogens is 300 g/mol. The lowest BCUT2D eigenvalue weighted by molar-refractivity contribution is -0.135. The highest BCUT2D eigenvalue weighted by atomic mass is 16.6. The molecule has 0 radical (unpaired) electrons. The Kier molecular flexibility index (Phi) is 2.94. The molecule has 0 aromatic carbocycles. The Morgan fingerprint density at radius 2 is 2.04 bits per heavy atom. The van der Waals surface area contributed by atoms with Gasteiger partial charge in [0.25, 0.3) is 0 Å². The topological polar surface area (TPSA) is 49.8 Å². The number of Topliss-reactive ketones (excluding diaryl/α,β-unsaturated/α-hetero) is 1. The zero-order valence-electron chi connectivity index (χ0n) is 15.2. The molecule has 0 spiro atoms. The SMILES string of the molecule is CC(=O)[C@@]12O[C@@H]1C[C@@H]1[C@@H]3CC=C4C[C@@H](O)CC[C@]4(C)[C@H]3CC[C@@]12C. The van der Waals surface area contributed by atoms with E-state index in [1.54, 1.807) is 6.92 Å². The standard InChI is InChI=1S/C21H30O3/c1-12(22)21-18(24-21)11-17-15-5-4-13-10-14(23)6-8-19(13,2)16(15)7-9-20(17,21)3/h4,14-18,23H,5-11H2,1-3H3/t14-,15+,16-,17+,18+,19-,20-,21+/m0/s1. The van der Waals surface area contributed by atoms with Gasteiger partial charge >= 0.3 is 0 Å². The van der Waals surface area contributed by atoms with Crippen LogP contribution in [-0.2, 0) is 9.53 Å². The number of aliphatic hydroxyl groups excluding tert-OH is 1. The van der Waals surface area contributed by atoms with E-state index >= 15 is 0 Å². The minimum atomic E-state index is -0.448. The lowest BCUT2D eigenvalue weighted by atomic mass is 9.47. The van der Waals surface area contributed by atoms with Crippen molar-refractivity contribution in [3.05, 3.63) is 11.6 Å². The lowest BCUT2D eigenvalue weighted by Gasteiger charge is -2.58. The third-order valence-corrected chi connectivity index (χ3v) is 9.03. The van der Waals surface area contributed by atoms with E-state index in [1.165, 1.54) is 12.0 Å². The second-order valence-electron chi connectivity index (χ2n) is 9.75. The summed E-state index contributed by atoms with van der Waals surface area (Å²) in [5.74, 6) is 2.31. The number of rotatable bonds is 1. The van der Waals surface area contributed by atoms with E-state index in [9.17, 15) is 9.90 Å². The number of hydrogen-bond donors (Lipinski definition) is 1. The van der Waals surface area contributed by atoms with E-state index in [4.69, 9.17) is 4.74 Å². The van der Waals surface area contributed by atoms with Gasteiger partial charge in [-0.15, -0.1) is 0 Å². The van der Waals surface area contributed by atoms with E-state index in [0.717, 1.165) is 44.4 Å². The van der Waals surface area contributed by atoms with E-state index in [2.05, 4.69) is 19.9 Å². The quantitative estimate of drug-likeness (QED) is 0.590. The molecular formula is C21H30O3. The van der Waals surface area contributed by atoms with Crippen LogP contribution in [0.25, 0.3) is 0 Å². The zero-order chi connectivity index (χ0) is 16.9. The second kappa shape index (κ2) is 4.54. The van der Waals surface area contributed by atoms with Crippen LogP contribution >= 0.6 is 0 Å². The number of aliphatic hydroxyl groups is 1. The Labute approximate surface area is 144 Å². The highest BCUT2D eigenvalue weighted by Crippen LogP contribution is 2.73. The maximum absolute atomic E-state index is 12.4. The van der Waals surface area contributed by atoms with Crippen molar-refractivity contribution in [2.24, 2.45) is 28.6 Å². The number of carbonyl (C=O) groups excluding carboxylic acids is 1. The van der Waals surface area contributed by atoms with Crippen molar-refractivity contribution in [2.75, 3.05) is 0 Å². The Balaban J connectivity index is 1.51. The molecule has 0 amide bonds. The number of ketones is 1. The second-order valence-corrected chi connectivity index (χ2v) is 9.75. The summed E-state index contributed by atoms with van der Waals surface area (Å²) in [6.07, 6.45) is 10.0. The van der Waals surface area contributed by atoms with E-state index in [1.807, 2.05) is 0 Å². The van der Waals surface area contributed by atoms with Crippen molar-refractivity contribution in [2.45, 2.75) is 83.5 Å². The van der Waals surface area contributed by atoms with Crippen LogP contribution in [0.3, 0.4) is 0 Å². The van der Waals surface area contributed by atoms with Crippen LogP contribution in [0.4, 0.5) is 0 Å². The molecule has 24 heavy (non-hydrogen) atoms. The molecule has 4 aliphatic carbocycles. The highest BCUT2D eigenvalue weighted by molar-refractivity contribution is 5.90. The Morgan fingerprint density at radius 3 is 2.79 bits per heavy atom. The summed E-state index contributed by atoms with van der Waals surface area (Å²) in [6, 6.07) is 0. The minimum absolute atomic E-state index is 0.0422. The molecule has 5 rings (SSSR count). The summed E-state index contributed by atoms with van der Waals surface area (Å²) in [5.41, 5.74) is 1.39. The summed E-state index contributed by atoms with van der Waals surface area (Å²) < 4.78 is 6.00. The van der Waals surface area contributed by atoms with Crippen molar-refractivity contribution in [3.8, 4) is 0 Å². The normalized spacial score (nSPS) is 58.0. The maximum Gasteiger partial charge on any atom is 0.164 e. The zero-order valence-corrected chi connectivity index (χ0v) is 15.2. The molecule has 1 N–H and O–H groups in total. The molecule has 1 aliphatic heterocycles. The number of carbonyl (C=O) groups is 1. The molecule has 0 aromatic rings. The first-order valence-corrected chi connectivity index (χ1v) is 9.89. The van der Waals surface area contributed by atoms with Gasteiger partial charge in [0, 0.05) is 5.41 Å². The van der Waals surface area contributed by atoms with Crippen LogP contribution in [0.1, 0.15) is 65.7 Å². The van der Waals surface area contributed by atoms with Gasteiger partial charge in [-0.25, -0.2) is 0 Å². The van der Waals surface area contributed by atoms with Gasteiger partial charge in [-0.1, -0.05) is 25.5 Å². The van der Waals surface area contributed by atoms with Gasteiger partial charge in [0.15, 0.2) is 11.4 Å². The number of allylic oxidation sites excluding steroid dienone is 1. The number of fused-ring (bicyclic) bond motifs is 7. The smallest absolute Gasteiger partial charge is 0.164 e. The van der Waals surface area contributed by atoms with E-state index in [-0.39, 0.29) is 28.8 Å². The molecule has 3 nitrogen and oxygen atoms in total. The van der Waals surface area contributed by atoms with Gasteiger partial charge in [0.05, 0.1) is 12.2 Å². The Bertz CT molecular complexity index is 639. The van der Waals surface area contributed by atoms with Crippen molar-refractivity contribution >= 4 is 5.78 Å². The van der Waals surface area contributed by atoms with Crippen molar-refractivity contribution in [3.63, 3.8) is 0 Å². The number of ether oxygens (including phenoxy) is 1. The Morgan fingerprint density at radius 1 is 1.25 bits per heavy atom. The summed E-state index contributed by atoms with van der Waals surface area (Å²) in [7, 11) is 0. The van der Waals surface area contributed by atoms with Crippen LogP contribution in [0, 0.1) is 28.6 Å². The molecule has 132 valence electrons.